The maximum Gasteiger partial charge on any atom is 0.407 e. The zero-order valence-corrected chi connectivity index (χ0v) is 31.5. The van der Waals surface area contributed by atoms with Crippen molar-refractivity contribution in [2.45, 2.75) is 103 Å². The van der Waals surface area contributed by atoms with Crippen molar-refractivity contribution < 1.29 is 38.6 Å². The molecule has 0 bridgehead atoms. The molecule has 0 aliphatic carbocycles. The highest BCUT2D eigenvalue weighted by molar-refractivity contribution is 5.93. The van der Waals surface area contributed by atoms with E-state index in [4.69, 9.17) is 9.47 Å². The standard InChI is InChI=1S/C41H54N4O8/c1-27(2)22-32(37(48)44-34(39(50)52-6)25-30-20-14-9-15-21-30)43-38(49)33(24-29-18-12-8-13-19-29)42-36(47)26-35(46)31(23-28-16-10-7-11-17-28)45-40(51)53-41(3,4)5/h7-21,27,31-35,46H,22-26H2,1-6H3,(H,42,47)(H,43,49)(H,44,48)(H,45,51)/t31-,32-,33-,34-,35-/m0/s1. The lowest BCUT2D eigenvalue weighted by Gasteiger charge is -2.28. The van der Waals surface area contributed by atoms with Gasteiger partial charge in [-0.05, 0) is 56.2 Å². The van der Waals surface area contributed by atoms with Crippen LogP contribution in [0.3, 0.4) is 0 Å². The van der Waals surface area contributed by atoms with Crippen LogP contribution in [0.1, 0.15) is 64.2 Å². The van der Waals surface area contributed by atoms with Gasteiger partial charge in [-0.3, -0.25) is 14.4 Å². The fourth-order valence-corrected chi connectivity index (χ4v) is 5.69. The molecule has 53 heavy (non-hydrogen) atoms. The largest absolute Gasteiger partial charge is 0.467 e. The van der Waals surface area contributed by atoms with Crippen molar-refractivity contribution in [1.82, 2.24) is 21.3 Å². The molecule has 0 aliphatic heterocycles. The topological polar surface area (TPSA) is 172 Å². The average Bonchev–Trinajstić information content (AvgIpc) is 3.10. The molecule has 12 heteroatoms. The van der Waals surface area contributed by atoms with Gasteiger partial charge < -0.3 is 35.8 Å². The summed E-state index contributed by atoms with van der Waals surface area (Å²) in [5.74, 6) is -2.49. The van der Waals surface area contributed by atoms with E-state index >= 15 is 0 Å². The first-order valence-electron chi connectivity index (χ1n) is 17.9. The summed E-state index contributed by atoms with van der Waals surface area (Å²) in [5.41, 5.74) is 1.60. The molecule has 0 heterocycles. The molecule has 3 aromatic carbocycles. The number of esters is 1. The molecule has 286 valence electrons. The monoisotopic (exact) mass is 730 g/mol. The Kier molecular flexibility index (Phi) is 16.5. The maximum absolute atomic E-state index is 14.0. The number of aliphatic hydroxyl groups excluding tert-OH is 1. The molecular weight excluding hydrogens is 676 g/mol. The molecule has 0 unspecified atom stereocenters. The summed E-state index contributed by atoms with van der Waals surface area (Å²) < 4.78 is 10.4. The van der Waals surface area contributed by atoms with E-state index in [1.54, 1.807) is 32.9 Å². The summed E-state index contributed by atoms with van der Waals surface area (Å²) in [6.45, 7) is 8.96. The van der Waals surface area contributed by atoms with Gasteiger partial charge in [0, 0.05) is 12.8 Å². The molecule has 3 aromatic rings. The number of hydrogen-bond acceptors (Lipinski definition) is 8. The number of aliphatic hydroxyl groups is 1. The van der Waals surface area contributed by atoms with Crippen LogP contribution in [-0.4, -0.2) is 77.9 Å². The van der Waals surface area contributed by atoms with Crippen molar-refractivity contribution in [3.8, 4) is 0 Å². The number of methoxy groups -OCH3 is 1. The minimum absolute atomic E-state index is 0.0203. The van der Waals surface area contributed by atoms with Gasteiger partial charge in [-0.2, -0.15) is 0 Å². The first-order chi connectivity index (χ1) is 25.1. The Bertz CT molecular complexity index is 1610. The van der Waals surface area contributed by atoms with Crippen LogP contribution in [0.2, 0.25) is 0 Å². The highest BCUT2D eigenvalue weighted by Gasteiger charge is 2.32. The molecule has 0 aromatic heterocycles. The van der Waals surface area contributed by atoms with Gasteiger partial charge >= 0.3 is 12.1 Å². The Hall–Kier alpha value is -5.23. The predicted molar refractivity (Wildman–Crippen MR) is 201 cm³/mol. The van der Waals surface area contributed by atoms with E-state index in [0.717, 1.165) is 16.7 Å². The summed E-state index contributed by atoms with van der Waals surface area (Å²) in [6.07, 6.45) is -1.79. The molecule has 4 amide bonds. The van der Waals surface area contributed by atoms with Crippen LogP contribution in [0, 0.1) is 5.92 Å². The molecule has 5 N–H and O–H groups in total. The van der Waals surface area contributed by atoms with Crippen LogP contribution in [0.25, 0.3) is 0 Å². The van der Waals surface area contributed by atoms with E-state index in [1.807, 2.05) is 92.7 Å². The molecule has 3 rings (SSSR count). The van der Waals surface area contributed by atoms with E-state index in [1.165, 1.54) is 7.11 Å². The summed E-state index contributed by atoms with van der Waals surface area (Å²) in [5, 5.41) is 22.3. The Balaban J connectivity index is 1.80. The third-order valence-corrected chi connectivity index (χ3v) is 8.22. The number of nitrogens with one attached hydrogen (secondary N) is 4. The van der Waals surface area contributed by atoms with Crippen LogP contribution < -0.4 is 21.3 Å². The van der Waals surface area contributed by atoms with Crippen molar-refractivity contribution in [3.63, 3.8) is 0 Å². The zero-order valence-electron chi connectivity index (χ0n) is 31.5. The minimum atomic E-state index is -1.34. The summed E-state index contributed by atoms with van der Waals surface area (Å²) in [4.78, 5) is 66.6. The lowest BCUT2D eigenvalue weighted by atomic mass is 9.98. The number of carbonyl (C=O) groups excluding carboxylic acids is 5. The van der Waals surface area contributed by atoms with Gasteiger partial charge in [0.15, 0.2) is 0 Å². The van der Waals surface area contributed by atoms with Crippen molar-refractivity contribution in [1.29, 1.82) is 0 Å². The molecule has 0 radical (unpaired) electrons. The second-order valence-corrected chi connectivity index (χ2v) is 14.5. The Morgan fingerprint density at radius 3 is 1.57 bits per heavy atom. The number of benzene rings is 3. The summed E-state index contributed by atoms with van der Waals surface area (Å²) >= 11 is 0. The molecule has 0 aliphatic rings. The highest BCUT2D eigenvalue weighted by atomic mass is 16.6. The molecule has 0 fully saturated rings. The van der Waals surface area contributed by atoms with Gasteiger partial charge in [0.1, 0.15) is 23.7 Å². The normalized spacial score (nSPS) is 14.1. The van der Waals surface area contributed by atoms with E-state index in [9.17, 15) is 29.1 Å². The quantitative estimate of drug-likeness (QED) is 0.122. The van der Waals surface area contributed by atoms with Crippen molar-refractivity contribution in [2.24, 2.45) is 5.92 Å². The Morgan fingerprint density at radius 2 is 1.09 bits per heavy atom. The second kappa shape index (κ2) is 20.7. The van der Waals surface area contributed by atoms with Crippen molar-refractivity contribution >= 4 is 29.8 Å². The molecule has 0 saturated carbocycles. The number of rotatable bonds is 18. The molecule has 12 nitrogen and oxygen atoms in total. The summed E-state index contributed by atoms with van der Waals surface area (Å²) in [6, 6.07) is 23.4. The second-order valence-electron chi connectivity index (χ2n) is 14.5. The number of amides is 4. The third-order valence-electron chi connectivity index (χ3n) is 8.22. The van der Waals surface area contributed by atoms with Gasteiger partial charge in [0.25, 0.3) is 0 Å². The van der Waals surface area contributed by atoms with E-state index < -0.39 is 72.1 Å². The van der Waals surface area contributed by atoms with Gasteiger partial charge in [-0.1, -0.05) is 105 Å². The number of alkyl carbamates (subject to hydrolysis) is 1. The van der Waals surface area contributed by atoms with Crippen LogP contribution >= 0.6 is 0 Å². The highest BCUT2D eigenvalue weighted by Crippen LogP contribution is 2.14. The molecule has 0 spiro atoms. The first-order valence-corrected chi connectivity index (χ1v) is 17.9. The molecule has 0 saturated heterocycles. The van der Waals surface area contributed by atoms with Gasteiger partial charge in [-0.25, -0.2) is 9.59 Å². The lowest BCUT2D eigenvalue weighted by Crippen LogP contribution is -2.57. The fourth-order valence-electron chi connectivity index (χ4n) is 5.69. The Labute approximate surface area is 312 Å². The van der Waals surface area contributed by atoms with Gasteiger partial charge in [-0.15, -0.1) is 0 Å². The number of hydrogen-bond donors (Lipinski definition) is 5. The summed E-state index contributed by atoms with van der Waals surface area (Å²) in [7, 11) is 1.24. The van der Waals surface area contributed by atoms with Crippen molar-refractivity contribution in [3.05, 3.63) is 108 Å². The first kappa shape index (κ1) is 42.2. The van der Waals surface area contributed by atoms with E-state index in [-0.39, 0.29) is 31.6 Å². The SMILES string of the molecule is COC(=O)[C@H](Cc1ccccc1)NC(=O)[C@H](CC(C)C)NC(=O)[C@H](Cc1ccccc1)NC(=O)C[C@H](O)[C@H](Cc1ccccc1)NC(=O)OC(C)(C)C. The predicted octanol–water partition coefficient (Wildman–Crippen LogP) is 4.03. The van der Waals surface area contributed by atoms with E-state index in [2.05, 4.69) is 21.3 Å². The maximum atomic E-state index is 14.0. The fraction of sp³-hybridized carbons (Fsp3) is 0.439. The van der Waals surface area contributed by atoms with Crippen LogP contribution in [0.15, 0.2) is 91.0 Å². The minimum Gasteiger partial charge on any atom is -0.467 e. The Morgan fingerprint density at radius 1 is 0.642 bits per heavy atom. The van der Waals surface area contributed by atoms with Crippen LogP contribution in [0.5, 0.6) is 0 Å². The van der Waals surface area contributed by atoms with E-state index in [0.29, 0.717) is 0 Å². The van der Waals surface area contributed by atoms with Gasteiger partial charge in [0.05, 0.1) is 25.7 Å². The number of ether oxygens (including phenoxy) is 2. The zero-order chi connectivity index (χ0) is 39.0. The smallest absolute Gasteiger partial charge is 0.407 e. The lowest BCUT2D eigenvalue weighted by molar-refractivity contribution is -0.145. The molecule has 5 atom stereocenters. The van der Waals surface area contributed by atoms with Crippen LogP contribution in [-0.2, 0) is 47.9 Å². The third kappa shape index (κ3) is 15.5. The van der Waals surface area contributed by atoms with Crippen molar-refractivity contribution in [2.75, 3.05) is 7.11 Å². The molecular formula is C41H54N4O8. The van der Waals surface area contributed by atoms with Gasteiger partial charge in [0.2, 0.25) is 17.7 Å². The van der Waals surface area contributed by atoms with Crippen LogP contribution in [0.4, 0.5) is 4.79 Å². The average molecular weight is 731 g/mol. The number of carbonyl (C=O) groups is 5.